The standard InChI is InChI=1S/C17H25N3O3/c1-17(2,3)23-16(22)20-10-6-7-13(20)11-18-12-15(21)14-8-4-5-9-19-14/h4-5,8-9,13,18H,6-7,10-12H2,1-3H3. The van der Waals surface area contributed by atoms with Gasteiger partial charge in [-0.1, -0.05) is 6.07 Å². The molecule has 1 amide bonds. The number of aromatic nitrogens is 1. The van der Waals surface area contributed by atoms with Crippen molar-refractivity contribution in [2.24, 2.45) is 0 Å². The fourth-order valence-electron chi connectivity index (χ4n) is 2.58. The van der Waals surface area contributed by atoms with Gasteiger partial charge >= 0.3 is 6.09 Å². The molecule has 1 aliphatic rings. The molecular weight excluding hydrogens is 294 g/mol. The maximum atomic E-state index is 12.2. The summed E-state index contributed by atoms with van der Waals surface area (Å²) in [5.41, 5.74) is -0.0394. The van der Waals surface area contributed by atoms with Crippen LogP contribution in [0, 0.1) is 0 Å². The van der Waals surface area contributed by atoms with E-state index >= 15 is 0 Å². The summed E-state index contributed by atoms with van der Waals surface area (Å²) in [6.07, 6.45) is 3.20. The first-order chi connectivity index (χ1) is 10.9. The Balaban J connectivity index is 1.80. The minimum absolute atomic E-state index is 0.0487. The molecule has 0 bridgehead atoms. The smallest absolute Gasteiger partial charge is 0.410 e. The Kier molecular flexibility index (Phi) is 5.71. The number of likely N-dealkylation sites (tertiary alicyclic amines) is 1. The first-order valence-electron chi connectivity index (χ1n) is 8.01. The predicted octanol–water partition coefficient (Wildman–Crippen LogP) is 2.25. The summed E-state index contributed by atoms with van der Waals surface area (Å²) in [6, 6.07) is 5.34. The predicted molar refractivity (Wildman–Crippen MR) is 87.4 cm³/mol. The topological polar surface area (TPSA) is 71.5 Å². The van der Waals surface area contributed by atoms with Crippen molar-refractivity contribution >= 4 is 11.9 Å². The van der Waals surface area contributed by atoms with E-state index in [2.05, 4.69) is 10.3 Å². The van der Waals surface area contributed by atoms with Gasteiger partial charge in [0, 0.05) is 25.3 Å². The molecule has 0 spiro atoms. The fourth-order valence-corrected chi connectivity index (χ4v) is 2.58. The number of carbonyl (C=O) groups excluding carboxylic acids is 2. The van der Waals surface area contributed by atoms with Gasteiger partial charge in [-0.15, -0.1) is 0 Å². The quantitative estimate of drug-likeness (QED) is 0.843. The molecule has 1 fully saturated rings. The van der Waals surface area contributed by atoms with Gasteiger partial charge in [-0.25, -0.2) is 4.79 Å². The van der Waals surface area contributed by atoms with Crippen LogP contribution < -0.4 is 5.32 Å². The largest absolute Gasteiger partial charge is 0.444 e. The molecule has 0 aromatic carbocycles. The van der Waals surface area contributed by atoms with Gasteiger partial charge in [0.15, 0.2) is 5.78 Å². The lowest BCUT2D eigenvalue weighted by molar-refractivity contribution is 0.0227. The van der Waals surface area contributed by atoms with Gasteiger partial charge in [-0.3, -0.25) is 9.78 Å². The van der Waals surface area contributed by atoms with E-state index in [-0.39, 0.29) is 24.5 Å². The monoisotopic (exact) mass is 319 g/mol. The summed E-state index contributed by atoms with van der Waals surface area (Å²) in [5.74, 6) is -0.0487. The molecular formula is C17H25N3O3. The zero-order valence-electron chi connectivity index (χ0n) is 14.0. The molecule has 1 atom stereocenters. The lowest BCUT2D eigenvalue weighted by Gasteiger charge is -2.28. The van der Waals surface area contributed by atoms with Crippen molar-refractivity contribution in [1.29, 1.82) is 0 Å². The van der Waals surface area contributed by atoms with Crippen LogP contribution in [0.1, 0.15) is 44.1 Å². The van der Waals surface area contributed by atoms with Gasteiger partial charge in [0.1, 0.15) is 11.3 Å². The summed E-state index contributed by atoms with van der Waals surface area (Å²) < 4.78 is 5.43. The average molecular weight is 319 g/mol. The molecule has 6 heteroatoms. The number of ether oxygens (including phenoxy) is 1. The first-order valence-corrected chi connectivity index (χ1v) is 8.01. The second-order valence-corrected chi connectivity index (χ2v) is 6.74. The average Bonchev–Trinajstić information content (AvgIpc) is 2.95. The molecule has 23 heavy (non-hydrogen) atoms. The molecule has 1 N–H and O–H groups in total. The highest BCUT2D eigenvalue weighted by Gasteiger charge is 2.31. The van der Waals surface area contributed by atoms with Gasteiger partial charge in [0.2, 0.25) is 0 Å². The van der Waals surface area contributed by atoms with Crippen LogP contribution in [-0.4, -0.2) is 53.0 Å². The van der Waals surface area contributed by atoms with E-state index in [0.717, 1.165) is 12.8 Å². The number of hydrogen-bond acceptors (Lipinski definition) is 5. The normalized spacial score (nSPS) is 18.0. The molecule has 0 aliphatic carbocycles. The van der Waals surface area contributed by atoms with E-state index < -0.39 is 5.60 Å². The number of Topliss-reactive ketones (excluding diaryl/α,β-unsaturated/α-hetero) is 1. The van der Waals surface area contributed by atoms with Crippen molar-refractivity contribution in [1.82, 2.24) is 15.2 Å². The lowest BCUT2D eigenvalue weighted by Crippen LogP contribution is -2.44. The highest BCUT2D eigenvalue weighted by Crippen LogP contribution is 2.20. The second kappa shape index (κ2) is 7.55. The maximum absolute atomic E-state index is 12.2. The van der Waals surface area contributed by atoms with E-state index in [1.807, 2.05) is 20.8 Å². The van der Waals surface area contributed by atoms with E-state index in [1.54, 1.807) is 29.3 Å². The number of hydrogen-bond donors (Lipinski definition) is 1. The van der Waals surface area contributed by atoms with Crippen LogP contribution >= 0.6 is 0 Å². The maximum Gasteiger partial charge on any atom is 0.410 e. The van der Waals surface area contributed by atoms with Crippen molar-refractivity contribution in [3.05, 3.63) is 30.1 Å². The number of amides is 1. The summed E-state index contributed by atoms with van der Waals surface area (Å²) in [5, 5.41) is 3.13. The van der Waals surface area contributed by atoms with Crippen molar-refractivity contribution in [2.45, 2.75) is 45.3 Å². The van der Waals surface area contributed by atoms with Crippen molar-refractivity contribution in [3.8, 4) is 0 Å². The third-order valence-electron chi connectivity index (χ3n) is 3.62. The molecule has 2 heterocycles. The Hall–Kier alpha value is -1.95. The molecule has 6 nitrogen and oxygen atoms in total. The van der Waals surface area contributed by atoms with Gasteiger partial charge in [0.25, 0.3) is 0 Å². The lowest BCUT2D eigenvalue weighted by atomic mass is 10.2. The van der Waals surface area contributed by atoms with E-state index in [1.165, 1.54) is 0 Å². The Bertz CT molecular complexity index is 540. The number of rotatable bonds is 5. The van der Waals surface area contributed by atoms with Gasteiger partial charge in [-0.05, 0) is 45.7 Å². The summed E-state index contributed by atoms with van der Waals surface area (Å²) in [4.78, 5) is 30.0. The fraction of sp³-hybridized carbons (Fsp3) is 0.588. The number of ketones is 1. The second-order valence-electron chi connectivity index (χ2n) is 6.74. The number of nitrogens with zero attached hydrogens (tertiary/aromatic N) is 2. The van der Waals surface area contributed by atoms with Crippen LogP contribution in [-0.2, 0) is 4.74 Å². The SMILES string of the molecule is CC(C)(C)OC(=O)N1CCCC1CNCC(=O)c1ccccn1. The minimum Gasteiger partial charge on any atom is -0.444 e. The van der Waals surface area contributed by atoms with E-state index in [9.17, 15) is 9.59 Å². The van der Waals surface area contributed by atoms with Gasteiger partial charge in [-0.2, -0.15) is 0 Å². The Labute approximate surface area is 137 Å². The van der Waals surface area contributed by atoms with Crippen LogP contribution in [0.4, 0.5) is 4.79 Å². The number of nitrogens with one attached hydrogen (secondary N) is 1. The van der Waals surface area contributed by atoms with Gasteiger partial charge in [0.05, 0.1) is 6.54 Å². The van der Waals surface area contributed by atoms with Crippen molar-refractivity contribution < 1.29 is 14.3 Å². The third kappa shape index (κ3) is 5.32. The molecule has 0 saturated carbocycles. The number of carbonyl (C=O) groups is 2. The molecule has 2 rings (SSSR count). The molecule has 1 aliphatic heterocycles. The van der Waals surface area contributed by atoms with E-state index in [0.29, 0.717) is 18.8 Å². The summed E-state index contributed by atoms with van der Waals surface area (Å²) >= 11 is 0. The molecule has 0 radical (unpaired) electrons. The molecule has 126 valence electrons. The Morgan fingerprint density at radius 1 is 1.39 bits per heavy atom. The van der Waals surface area contributed by atoms with Crippen LogP contribution in [0.5, 0.6) is 0 Å². The minimum atomic E-state index is -0.493. The zero-order chi connectivity index (χ0) is 16.9. The van der Waals surface area contributed by atoms with Crippen molar-refractivity contribution in [2.75, 3.05) is 19.6 Å². The van der Waals surface area contributed by atoms with Crippen LogP contribution in [0.25, 0.3) is 0 Å². The van der Waals surface area contributed by atoms with Crippen LogP contribution in [0.2, 0.25) is 0 Å². The highest BCUT2D eigenvalue weighted by molar-refractivity contribution is 5.95. The molecule has 1 saturated heterocycles. The van der Waals surface area contributed by atoms with Crippen LogP contribution in [0.15, 0.2) is 24.4 Å². The highest BCUT2D eigenvalue weighted by atomic mass is 16.6. The van der Waals surface area contributed by atoms with Gasteiger partial charge < -0.3 is 15.0 Å². The number of pyridine rings is 1. The van der Waals surface area contributed by atoms with E-state index in [4.69, 9.17) is 4.74 Å². The molecule has 1 unspecified atom stereocenters. The Morgan fingerprint density at radius 2 is 2.17 bits per heavy atom. The third-order valence-corrected chi connectivity index (χ3v) is 3.62. The summed E-state index contributed by atoms with van der Waals surface area (Å²) in [6.45, 7) is 7.09. The summed E-state index contributed by atoms with van der Waals surface area (Å²) in [7, 11) is 0. The first kappa shape index (κ1) is 17.4. The molecule has 1 aromatic rings. The Morgan fingerprint density at radius 3 is 2.83 bits per heavy atom. The molecule has 1 aromatic heterocycles. The zero-order valence-corrected chi connectivity index (χ0v) is 14.0. The van der Waals surface area contributed by atoms with Crippen LogP contribution in [0.3, 0.4) is 0 Å². The van der Waals surface area contributed by atoms with Crippen molar-refractivity contribution in [3.63, 3.8) is 0 Å².